The zero-order chi connectivity index (χ0) is 15.1. The van der Waals surface area contributed by atoms with Crippen molar-refractivity contribution in [1.82, 2.24) is 5.32 Å². The second kappa shape index (κ2) is 4.88. The van der Waals surface area contributed by atoms with Crippen molar-refractivity contribution in [3.8, 4) is 0 Å². The zero-order valence-corrected chi connectivity index (χ0v) is 13.4. The molecule has 1 saturated carbocycles. The fraction of sp³-hybridized carbons (Fsp3) is 0.588. The Hall–Kier alpha value is -1.35. The fourth-order valence-corrected chi connectivity index (χ4v) is 3.05. The van der Waals surface area contributed by atoms with E-state index >= 15 is 0 Å². The van der Waals surface area contributed by atoms with E-state index < -0.39 is 0 Å². The molecule has 1 unspecified atom stereocenters. The van der Waals surface area contributed by atoms with E-state index in [0.717, 1.165) is 5.69 Å². The third-order valence-electron chi connectivity index (χ3n) is 5.14. The van der Waals surface area contributed by atoms with Crippen LogP contribution in [0.1, 0.15) is 53.1 Å². The number of nitrogens with one attached hydrogen (secondary N) is 2. The molecule has 2 N–H and O–H groups in total. The molecule has 0 saturated heterocycles. The van der Waals surface area contributed by atoms with Crippen molar-refractivity contribution in [2.24, 2.45) is 10.8 Å². The Morgan fingerprint density at radius 3 is 2.30 bits per heavy atom. The first-order chi connectivity index (χ1) is 9.16. The summed E-state index contributed by atoms with van der Waals surface area (Å²) in [7, 11) is 0. The van der Waals surface area contributed by atoms with E-state index in [1.54, 1.807) is 0 Å². The van der Waals surface area contributed by atoms with Crippen molar-refractivity contribution in [1.29, 1.82) is 0 Å². The molecule has 1 amide bonds. The summed E-state index contributed by atoms with van der Waals surface area (Å²) in [5.74, 6) is -0.0350. The van der Waals surface area contributed by atoms with E-state index in [1.165, 1.54) is 12.5 Å². The Bertz CT molecular complexity index is 505. The molecule has 110 valence electrons. The normalized spacial score (nSPS) is 21.3. The van der Waals surface area contributed by atoms with Crippen LogP contribution in [-0.2, 0) is 4.79 Å². The minimum absolute atomic E-state index is 0.0350. The molecule has 1 aliphatic carbocycles. The van der Waals surface area contributed by atoms with Crippen molar-refractivity contribution in [3.05, 3.63) is 29.8 Å². The van der Waals surface area contributed by atoms with Gasteiger partial charge in [-0.15, -0.1) is 0 Å². The first-order valence-corrected chi connectivity index (χ1v) is 7.30. The molecule has 1 aliphatic rings. The summed E-state index contributed by atoms with van der Waals surface area (Å²) in [5, 5.41) is 6.55. The molecule has 2 rings (SSSR count). The average Bonchev–Trinajstić information content (AvgIpc) is 2.71. The Labute approximate surface area is 122 Å². The van der Waals surface area contributed by atoms with Crippen molar-refractivity contribution < 1.29 is 4.79 Å². The van der Waals surface area contributed by atoms with Gasteiger partial charge in [-0.05, 0) is 35.4 Å². The molecule has 0 aliphatic heterocycles. The van der Waals surface area contributed by atoms with E-state index in [0.29, 0.717) is 16.9 Å². The van der Waals surface area contributed by atoms with Crippen LogP contribution in [0.15, 0.2) is 24.3 Å². The molecule has 3 heteroatoms. The predicted octanol–water partition coefficient (Wildman–Crippen LogP) is 3.73. The molecule has 1 atom stereocenters. The van der Waals surface area contributed by atoms with Crippen molar-refractivity contribution >= 4 is 11.6 Å². The van der Waals surface area contributed by atoms with Crippen LogP contribution in [0.5, 0.6) is 0 Å². The lowest BCUT2D eigenvalue weighted by molar-refractivity contribution is -0.114. The standard InChI is InChI=1S/C17H26N2O/c1-11(18-15-16(3,4)17(15,5)6)13-8-7-9-14(10-13)19-12(2)20/h7-11,15,18H,1-6H3,(H,19,20). The van der Waals surface area contributed by atoms with Crippen LogP contribution < -0.4 is 10.6 Å². The first-order valence-electron chi connectivity index (χ1n) is 7.30. The van der Waals surface area contributed by atoms with Crippen LogP contribution >= 0.6 is 0 Å². The predicted molar refractivity (Wildman–Crippen MR) is 83.6 cm³/mol. The lowest BCUT2D eigenvalue weighted by atomic mass is 10.0. The lowest BCUT2D eigenvalue weighted by Crippen LogP contribution is -2.25. The molecule has 0 bridgehead atoms. The smallest absolute Gasteiger partial charge is 0.221 e. The summed E-state index contributed by atoms with van der Waals surface area (Å²) in [5.41, 5.74) is 2.72. The fourth-order valence-electron chi connectivity index (χ4n) is 3.05. The van der Waals surface area contributed by atoms with Gasteiger partial charge in [0, 0.05) is 24.7 Å². The number of carbonyl (C=O) groups excluding carboxylic acids is 1. The largest absolute Gasteiger partial charge is 0.326 e. The Morgan fingerprint density at radius 1 is 1.20 bits per heavy atom. The van der Waals surface area contributed by atoms with Gasteiger partial charge in [-0.2, -0.15) is 0 Å². The molecule has 3 nitrogen and oxygen atoms in total. The number of benzene rings is 1. The monoisotopic (exact) mass is 274 g/mol. The molecule has 1 aromatic rings. The van der Waals surface area contributed by atoms with Gasteiger partial charge in [0.25, 0.3) is 0 Å². The summed E-state index contributed by atoms with van der Waals surface area (Å²) < 4.78 is 0. The topological polar surface area (TPSA) is 41.1 Å². The van der Waals surface area contributed by atoms with Crippen LogP contribution in [0.4, 0.5) is 5.69 Å². The highest BCUT2D eigenvalue weighted by atomic mass is 16.1. The molecule has 20 heavy (non-hydrogen) atoms. The van der Waals surface area contributed by atoms with Crippen molar-refractivity contribution in [2.45, 2.75) is 53.6 Å². The maximum atomic E-state index is 11.1. The number of amides is 1. The minimum Gasteiger partial charge on any atom is -0.326 e. The molecule has 0 heterocycles. The number of anilines is 1. The number of carbonyl (C=O) groups is 1. The van der Waals surface area contributed by atoms with E-state index in [4.69, 9.17) is 0 Å². The maximum Gasteiger partial charge on any atom is 0.221 e. The van der Waals surface area contributed by atoms with E-state index in [2.05, 4.69) is 51.3 Å². The summed E-state index contributed by atoms with van der Waals surface area (Å²) in [6.07, 6.45) is 0. The highest BCUT2D eigenvalue weighted by molar-refractivity contribution is 5.88. The summed E-state index contributed by atoms with van der Waals surface area (Å²) in [6, 6.07) is 8.85. The summed E-state index contributed by atoms with van der Waals surface area (Å²) >= 11 is 0. The lowest BCUT2D eigenvalue weighted by Gasteiger charge is -2.17. The minimum atomic E-state index is -0.0350. The summed E-state index contributed by atoms with van der Waals surface area (Å²) in [4.78, 5) is 11.1. The van der Waals surface area contributed by atoms with Gasteiger partial charge in [-0.3, -0.25) is 4.79 Å². The molecule has 0 radical (unpaired) electrons. The summed E-state index contributed by atoms with van der Waals surface area (Å²) in [6.45, 7) is 13.0. The van der Waals surface area contributed by atoms with Crippen LogP contribution in [0, 0.1) is 10.8 Å². The van der Waals surface area contributed by atoms with Crippen LogP contribution in [0.25, 0.3) is 0 Å². The molecule has 0 spiro atoms. The number of hydrogen-bond acceptors (Lipinski definition) is 2. The highest BCUT2D eigenvalue weighted by Crippen LogP contribution is 2.63. The van der Waals surface area contributed by atoms with Gasteiger partial charge < -0.3 is 10.6 Å². The quantitative estimate of drug-likeness (QED) is 0.878. The van der Waals surface area contributed by atoms with E-state index in [9.17, 15) is 4.79 Å². The Balaban J connectivity index is 2.07. The van der Waals surface area contributed by atoms with Gasteiger partial charge in [-0.25, -0.2) is 0 Å². The van der Waals surface area contributed by atoms with Gasteiger partial charge in [0.1, 0.15) is 0 Å². The van der Waals surface area contributed by atoms with Gasteiger partial charge in [0.05, 0.1) is 0 Å². The zero-order valence-electron chi connectivity index (χ0n) is 13.4. The number of hydrogen-bond donors (Lipinski definition) is 2. The molecular weight excluding hydrogens is 248 g/mol. The molecule has 1 fully saturated rings. The van der Waals surface area contributed by atoms with Crippen molar-refractivity contribution in [3.63, 3.8) is 0 Å². The molecule has 1 aromatic carbocycles. The Kier molecular flexibility index (Phi) is 3.67. The van der Waals surface area contributed by atoms with Crippen LogP contribution in [0.3, 0.4) is 0 Å². The van der Waals surface area contributed by atoms with E-state index in [-0.39, 0.29) is 11.9 Å². The van der Waals surface area contributed by atoms with Gasteiger partial charge in [0.2, 0.25) is 5.91 Å². The third-order valence-corrected chi connectivity index (χ3v) is 5.14. The van der Waals surface area contributed by atoms with Crippen LogP contribution in [-0.4, -0.2) is 11.9 Å². The molecule has 0 aromatic heterocycles. The van der Waals surface area contributed by atoms with Crippen molar-refractivity contribution in [2.75, 3.05) is 5.32 Å². The molecular formula is C17H26N2O. The third kappa shape index (κ3) is 2.59. The van der Waals surface area contributed by atoms with Crippen LogP contribution in [0.2, 0.25) is 0 Å². The van der Waals surface area contributed by atoms with Gasteiger partial charge in [-0.1, -0.05) is 39.8 Å². The van der Waals surface area contributed by atoms with Gasteiger partial charge in [0.15, 0.2) is 0 Å². The second-order valence-corrected chi connectivity index (χ2v) is 7.07. The Morgan fingerprint density at radius 2 is 1.80 bits per heavy atom. The average molecular weight is 274 g/mol. The van der Waals surface area contributed by atoms with Gasteiger partial charge >= 0.3 is 0 Å². The number of rotatable bonds is 4. The second-order valence-electron chi connectivity index (χ2n) is 7.07. The van der Waals surface area contributed by atoms with E-state index in [1.807, 2.05) is 18.2 Å². The first kappa shape index (κ1) is 15.0. The highest BCUT2D eigenvalue weighted by Gasteiger charge is 2.64. The SMILES string of the molecule is CC(=O)Nc1cccc(C(C)NC2C(C)(C)C2(C)C)c1. The maximum absolute atomic E-state index is 11.1.